The average molecular weight is 329 g/mol. The molecule has 0 aliphatic carbocycles. The lowest BCUT2D eigenvalue weighted by Gasteiger charge is -2.09. The summed E-state index contributed by atoms with van der Waals surface area (Å²) in [5.74, 6) is -0.752. The highest BCUT2D eigenvalue weighted by atomic mass is 16.6. The zero-order chi connectivity index (χ0) is 17.5. The van der Waals surface area contributed by atoms with E-state index in [0.717, 1.165) is 5.56 Å². The first-order valence-corrected chi connectivity index (χ1v) is 6.99. The van der Waals surface area contributed by atoms with E-state index in [4.69, 9.17) is 4.74 Å². The molecular formula is C16H15N3O5. The maximum absolute atomic E-state index is 11.7. The van der Waals surface area contributed by atoms with E-state index < -0.39 is 23.5 Å². The van der Waals surface area contributed by atoms with E-state index in [1.165, 1.54) is 12.1 Å². The molecular weight excluding hydrogens is 314 g/mol. The van der Waals surface area contributed by atoms with E-state index in [9.17, 15) is 19.7 Å². The third-order valence-electron chi connectivity index (χ3n) is 2.96. The zero-order valence-electron chi connectivity index (χ0n) is 12.8. The molecule has 0 atom stereocenters. The molecule has 0 bridgehead atoms. The van der Waals surface area contributed by atoms with Crippen LogP contribution < -0.4 is 15.4 Å². The molecule has 2 rings (SSSR count). The molecule has 2 aromatic carbocycles. The second-order valence-electron chi connectivity index (χ2n) is 4.89. The molecule has 0 aromatic heterocycles. The maximum Gasteiger partial charge on any atom is 0.325 e. The van der Waals surface area contributed by atoms with Crippen LogP contribution in [-0.2, 0) is 4.79 Å². The second kappa shape index (κ2) is 7.73. The van der Waals surface area contributed by atoms with Gasteiger partial charge in [0.25, 0.3) is 5.91 Å². The average Bonchev–Trinajstić information content (AvgIpc) is 2.53. The Bertz CT molecular complexity index is 762. The summed E-state index contributed by atoms with van der Waals surface area (Å²) in [6.45, 7) is 1.22. The minimum absolute atomic E-state index is 0.0291. The molecule has 0 unspecified atom stereocenters. The van der Waals surface area contributed by atoms with Gasteiger partial charge in [-0.3, -0.25) is 20.2 Å². The molecule has 0 saturated heterocycles. The highest BCUT2D eigenvalue weighted by Gasteiger charge is 2.16. The van der Waals surface area contributed by atoms with Gasteiger partial charge in [-0.05, 0) is 30.7 Å². The first-order chi connectivity index (χ1) is 11.5. The Morgan fingerprint density at radius 2 is 1.88 bits per heavy atom. The van der Waals surface area contributed by atoms with Gasteiger partial charge in [0, 0.05) is 11.8 Å². The fraction of sp³-hybridized carbons (Fsp3) is 0.125. The first-order valence-electron chi connectivity index (χ1n) is 6.99. The zero-order valence-corrected chi connectivity index (χ0v) is 12.8. The molecule has 0 aliphatic heterocycles. The maximum atomic E-state index is 11.7. The van der Waals surface area contributed by atoms with E-state index in [1.54, 1.807) is 43.3 Å². The van der Waals surface area contributed by atoms with E-state index in [-0.39, 0.29) is 11.4 Å². The van der Waals surface area contributed by atoms with E-state index in [2.05, 4.69) is 10.6 Å². The fourth-order valence-corrected chi connectivity index (χ4v) is 1.88. The van der Waals surface area contributed by atoms with Crippen LogP contribution in [0.4, 0.5) is 16.2 Å². The number of nitro groups is 1. The van der Waals surface area contributed by atoms with Crippen molar-refractivity contribution in [3.63, 3.8) is 0 Å². The van der Waals surface area contributed by atoms with Crippen molar-refractivity contribution >= 4 is 23.3 Å². The van der Waals surface area contributed by atoms with Gasteiger partial charge in [-0.15, -0.1) is 0 Å². The summed E-state index contributed by atoms with van der Waals surface area (Å²) in [5.41, 5.74) is 1.03. The number of anilines is 1. The Hall–Kier alpha value is -3.42. The third-order valence-corrected chi connectivity index (χ3v) is 2.96. The topological polar surface area (TPSA) is 111 Å². The van der Waals surface area contributed by atoms with Crippen LogP contribution in [0.1, 0.15) is 5.56 Å². The van der Waals surface area contributed by atoms with Crippen LogP contribution in [0.25, 0.3) is 0 Å². The molecule has 0 aliphatic rings. The summed E-state index contributed by atoms with van der Waals surface area (Å²) in [5, 5.41) is 15.5. The number of nitrogens with one attached hydrogen (secondary N) is 2. The van der Waals surface area contributed by atoms with Crippen LogP contribution in [0, 0.1) is 17.0 Å². The molecule has 0 radical (unpaired) electrons. The monoisotopic (exact) mass is 329 g/mol. The number of rotatable bonds is 5. The second-order valence-corrected chi connectivity index (χ2v) is 4.89. The van der Waals surface area contributed by atoms with Gasteiger partial charge in [0.2, 0.25) is 0 Å². The minimum Gasteiger partial charge on any atom is -0.477 e. The molecule has 8 nitrogen and oxygen atoms in total. The Morgan fingerprint density at radius 1 is 1.17 bits per heavy atom. The summed E-state index contributed by atoms with van der Waals surface area (Å²) in [7, 11) is 0. The predicted molar refractivity (Wildman–Crippen MR) is 86.9 cm³/mol. The lowest BCUT2D eigenvalue weighted by molar-refractivity contribution is -0.385. The molecule has 0 saturated carbocycles. The number of nitro benzene ring substituents is 1. The van der Waals surface area contributed by atoms with Crippen molar-refractivity contribution in [2.45, 2.75) is 6.92 Å². The number of nitrogens with zero attached hydrogens (tertiary/aromatic N) is 1. The van der Waals surface area contributed by atoms with Gasteiger partial charge in [-0.25, -0.2) is 4.79 Å². The number of benzene rings is 2. The van der Waals surface area contributed by atoms with Crippen molar-refractivity contribution in [3.05, 3.63) is 64.2 Å². The number of hydrogen-bond acceptors (Lipinski definition) is 5. The molecule has 24 heavy (non-hydrogen) atoms. The van der Waals surface area contributed by atoms with Gasteiger partial charge in [-0.2, -0.15) is 0 Å². The number of para-hydroxylation sites is 1. The van der Waals surface area contributed by atoms with Crippen molar-refractivity contribution in [1.29, 1.82) is 0 Å². The molecule has 8 heteroatoms. The number of urea groups is 1. The number of imide groups is 1. The lowest BCUT2D eigenvalue weighted by atomic mass is 10.2. The third kappa shape index (κ3) is 4.80. The van der Waals surface area contributed by atoms with Gasteiger partial charge in [0.1, 0.15) is 0 Å². The summed E-state index contributed by atoms with van der Waals surface area (Å²) in [6, 6.07) is 12.2. The molecule has 2 aromatic rings. The number of carbonyl (C=O) groups excluding carboxylic acids is 2. The van der Waals surface area contributed by atoms with Crippen molar-refractivity contribution in [2.75, 3.05) is 11.9 Å². The van der Waals surface area contributed by atoms with Crippen LogP contribution in [-0.4, -0.2) is 23.5 Å². The van der Waals surface area contributed by atoms with Crippen LogP contribution in [0.2, 0.25) is 0 Å². The Labute approximate surface area is 137 Å². The van der Waals surface area contributed by atoms with E-state index >= 15 is 0 Å². The summed E-state index contributed by atoms with van der Waals surface area (Å²) >= 11 is 0. The molecule has 0 fully saturated rings. The van der Waals surface area contributed by atoms with Crippen LogP contribution >= 0.6 is 0 Å². The number of ether oxygens (including phenoxy) is 1. The lowest BCUT2D eigenvalue weighted by Crippen LogP contribution is -2.37. The highest BCUT2D eigenvalue weighted by molar-refractivity contribution is 6.01. The van der Waals surface area contributed by atoms with E-state index in [1.807, 2.05) is 0 Å². The van der Waals surface area contributed by atoms with Gasteiger partial charge in [-0.1, -0.05) is 24.3 Å². The number of hydrogen-bond donors (Lipinski definition) is 2. The standard InChI is InChI=1S/C16H15N3O5/c1-11-7-8-13(19(22)23)14(9-11)24-10-15(20)18-16(21)17-12-5-3-2-4-6-12/h2-9H,10H2,1H3,(H2,17,18,20,21). The molecule has 0 spiro atoms. The molecule has 3 amide bonds. The minimum atomic E-state index is -0.723. The van der Waals surface area contributed by atoms with Crippen molar-refractivity contribution in [3.8, 4) is 5.75 Å². The SMILES string of the molecule is Cc1ccc([N+](=O)[O-])c(OCC(=O)NC(=O)Nc2ccccc2)c1. The fourth-order valence-electron chi connectivity index (χ4n) is 1.88. The van der Waals surface area contributed by atoms with Crippen LogP contribution in [0.3, 0.4) is 0 Å². The van der Waals surface area contributed by atoms with Gasteiger partial charge in [0.15, 0.2) is 12.4 Å². The van der Waals surface area contributed by atoms with Crippen molar-refractivity contribution < 1.29 is 19.2 Å². The quantitative estimate of drug-likeness (QED) is 0.647. The van der Waals surface area contributed by atoms with E-state index in [0.29, 0.717) is 5.69 Å². The Kier molecular flexibility index (Phi) is 5.45. The molecule has 0 heterocycles. The van der Waals surface area contributed by atoms with Gasteiger partial charge >= 0.3 is 11.7 Å². The van der Waals surface area contributed by atoms with Gasteiger partial charge < -0.3 is 10.1 Å². The number of aryl methyl sites for hydroxylation is 1. The normalized spacial score (nSPS) is 9.88. The van der Waals surface area contributed by atoms with Crippen LogP contribution in [0.5, 0.6) is 5.75 Å². The highest BCUT2D eigenvalue weighted by Crippen LogP contribution is 2.27. The molecule has 124 valence electrons. The van der Waals surface area contributed by atoms with Crippen molar-refractivity contribution in [2.24, 2.45) is 0 Å². The smallest absolute Gasteiger partial charge is 0.325 e. The Morgan fingerprint density at radius 3 is 2.54 bits per heavy atom. The summed E-state index contributed by atoms with van der Waals surface area (Å²) < 4.78 is 5.16. The largest absolute Gasteiger partial charge is 0.477 e. The van der Waals surface area contributed by atoms with Crippen LogP contribution in [0.15, 0.2) is 48.5 Å². The van der Waals surface area contributed by atoms with Gasteiger partial charge in [0.05, 0.1) is 4.92 Å². The summed E-state index contributed by atoms with van der Waals surface area (Å²) in [6.07, 6.45) is 0. The number of amides is 3. The van der Waals surface area contributed by atoms with Crippen molar-refractivity contribution in [1.82, 2.24) is 5.32 Å². The predicted octanol–water partition coefficient (Wildman–Crippen LogP) is 2.63. The number of carbonyl (C=O) groups is 2. The first kappa shape index (κ1) is 16.9. The Balaban J connectivity index is 1.90. The summed E-state index contributed by atoms with van der Waals surface area (Å²) in [4.78, 5) is 33.7. The molecule has 2 N–H and O–H groups in total.